The van der Waals surface area contributed by atoms with Crippen molar-refractivity contribution in [3.05, 3.63) is 108 Å². The predicted octanol–water partition coefficient (Wildman–Crippen LogP) is 6.70. The molecule has 0 spiro atoms. The summed E-state index contributed by atoms with van der Waals surface area (Å²) >= 11 is 0. The number of hydrogen-bond acceptors (Lipinski definition) is 5. The zero-order chi connectivity index (χ0) is 29.9. The molecule has 4 rings (SSSR count). The molecule has 0 unspecified atom stereocenters. The van der Waals surface area contributed by atoms with Gasteiger partial charge in [-0.1, -0.05) is 36.4 Å². The van der Waals surface area contributed by atoms with Crippen LogP contribution < -0.4 is 16.5 Å². The number of carbonyl (C=O) groups is 1. The predicted molar refractivity (Wildman–Crippen MR) is 145 cm³/mol. The summed E-state index contributed by atoms with van der Waals surface area (Å²) in [6.07, 6.45) is -3.59. The van der Waals surface area contributed by atoms with Crippen molar-refractivity contribution in [2.24, 2.45) is 0 Å². The monoisotopic (exact) mass is 590 g/mol. The molecule has 0 aliphatic heterocycles. The molecule has 0 bridgehead atoms. The summed E-state index contributed by atoms with van der Waals surface area (Å²) < 4.78 is 93.5. The molecule has 0 heterocycles. The Morgan fingerprint density at radius 2 is 1.54 bits per heavy atom. The minimum absolute atomic E-state index is 0.0675. The Balaban J connectivity index is 1.64. The van der Waals surface area contributed by atoms with Gasteiger partial charge in [-0.05, 0) is 59.7 Å². The number of nitrogens with two attached hydrogens (primary N) is 1. The van der Waals surface area contributed by atoms with Gasteiger partial charge in [0.05, 0.1) is 22.7 Å². The third-order valence-corrected chi connectivity index (χ3v) is 7.04. The van der Waals surface area contributed by atoms with Crippen LogP contribution in [0, 0.1) is 11.6 Å². The summed E-state index contributed by atoms with van der Waals surface area (Å²) in [6.45, 7) is -0.304. The number of rotatable bonds is 7. The Hall–Kier alpha value is -4.65. The van der Waals surface area contributed by atoms with Crippen molar-refractivity contribution < 1.29 is 35.2 Å². The number of amides is 2. The van der Waals surface area contributed by atoms with E-state index in [9.17, 15) is 26.4 Å². The highest BCUT2D eigenvalue weighted by atomic mass is 32.2. The van der Waals surface area contributed by atoms with E-state index in [4.69, 9.17) is 5.73 Å². The van der Waals surface area contributed by atoms with Crippen molar-refractivity contribution >= 4 is 32.9 Å². The molecule has 0 fully saturated rings. The van der Waals surface area contributed by atoms with Gasteiger partial charge in [0.1, 0.15) is 17.3 Å². The van der Waals surface area contributed by atoms with E-state index in [0.717, 1.165) is 35.5 Å². The van der Waals surface area contributed by atoms with Gasteiger partial charge in [-0.25, -0.2) is 27.0 Å². The van der Waals surface area contributed by atoms with E-state index in [1.54, 1.807) is 18.2 Å². The van der Waals surface area contributed by atoms with E-state index in [-0.39, 0.29) is 28.1 Å². The van der Waals surface area contributed by atoms with Gasteiger partial charge in [0.25, 0.3) is 0 Å². The number of sulfone groups is 1. The van der Waals surface area contributed by atoms with Gasteiger partial charge in [-0.2, -0.15) is 13.2 Å². The SMILES string of the molecule is CS(=O)(=O)c1ccccc1-c1cc(F)c(NC(=O)N(Cc2ccc(C(F)(F)F)cc2)Nc2cccc(N)c2)c(F)c1. The zero-order valence-corrected chi connectivity index (χ0v) is 22.2. The first-order valence-corrected chi connectivity index (χ1v) is 13.8. The van der Waals surface area contributed by atoms with Crippen LogP contribution >= 0.6 is 0 Å². The van der Waals surface area contributed by atoms with Gasteiger partial charge < -0.3 is 11.1 Å². The van der Waals surface area contributed by atoms with Gasteiger partial charge in [-0.15, -0.1) is 0 Å². The number of benzene rings is 4. The van der Waals surface area contributed by atoms with Crippen molar-refractivity contribution in [3.8, 4) is 11.1 Å². The lowest BCUT2D eigenvalue weighted by Gasteiger charge is -2.25. The van der Waals surface area contributed by atoms with Crippen LogP contribution in [0.3, 0.4) is 0 Å². The Morgan fingerprint density at radius 3 is 2.12 bits per heavy atom. The average Bonchev–Trinajstić information content (AvgIpc) is 2.89. The fourth-order valence-electron chi connectivity index (χ4n) is 3.96. The quantitative estimate of drug-likeness (QED) is 0.126. The standard InChI is InChI=1S/C28H23F5N4O3S/c1-41(39,40)25-8-3-2-7-22(25)18-13-23(29)26(24(30)14-18)35-27(38)37(36-21-6-4-5-20(34)15-21)16-17-9-11-19(12-10-17)28(31,32)33/h2-15,36H,16,34H2,1H3,(H,35,38). The molecule has 214 valence electrons. The number of hydrogen-bond donors (Lipinski definition) is 3. The summed E-state index contributed by atoms with van der Waals surface area (Å²) in [6, 6.07) is 16.6. The molecular formula is C28H23F5N4O3S. The molecule has 4 aromatic rings. The molecule has 41 heavy (non-hydrogen) atoms. The Labute approximate surface area is 232 Å². The van der Waals surface area contributed by atoms with Crippen LogP contribution in [-0.4, -0.2) is 25.7 Å². The van der Waals surface area contributed by atoms with Crippen molar-refractivity contribution in [1.29, 1.82) is 0 Å². The van der Waals surface area contributed by atoms with Gasteiger partial charge in [0.2, 0.25) is 0 Å². The third kappa shape index (κ3) is 7.11. The summed E-state index contributed by atoms with van der Waals surface area (Å²) in [4.78, 5) is 13.1. The molecule has 13 heteroatoms. The zero-order valence-electron chi connectivity index (χ0n) is 21.3. The molecule has 4 N–H and O–H groups in total. The van der Waals surface area contributed by atoms with E-state index in [1.807, 2.05) is 0 Å². The van der Waals surface area contributed by atoms with Crippen LogP contribution in [0.1, 0.15) is 11.1 Å². The maximum absolute atomic E-state index is 15.1. The van der Waals surface area contributed by atoms with Gasteiger partial charge in [-0.3, -0.25) is 5.43 Å². The molecule has 0 aliphatic carbocycles. The van der Waals surface area contributed by atoms with Gasteiger partial charge in [0, 0.05) is 17.5 Å². The van der Waals surface area contributed by atoms with Crippen molar-refractivity contribution in [2.75, 3.05) is 22.7 Å². The highest BCUT2D eigenvalue weighted by Crippen LogP contribution is 2.32. The van der Waals surface area contributed by atoms with Crippen LogP contribution in [0.15, 0.2) is 89.8 Å². The molecule has 0 aromatic heterocycles. The second-order valence-electron chi connectivity index (χ2n) is 9.03. The summed E-state index contributed by atoms with van der Waals surface area (Å²) in [7, 11) is -3.72. The van der Waals surface area contributed by atoms with Crippen molar-refractivity contribution in [1.82, 2.24) is 5.01 Å². The highest BCUT2D eigenvalue weighted by molar-refractivity contribution is 7.90. The number of alkyl halides is 3. The highest BCUT2D eigenvalue weighted by Gasteiger charge is 2.30. The van der Waals surface area contributed by atoms with Crippen LogP contribution in [0.25, 0.3) is 11.1 Å². The van der Waals surface area contributed by atoms with E-state index in [0.29, 0.717) is 11.4 Å². The van der Waals surface area contributed by atoms with E-state index < -0.39 is 44.9 Å². The Kier molecular flexibility index (Phi) is 8.19. The van der Waals surface area contributed by atoms with Crippen molar-refractivity contribution in [2.45, 2.75) is 17.6 Å². The molecule has 0 atom stereocenters. The van der Waals surface area contributed by atoms with E-state index >= 15 is 8.78 Å². The number of nitrogen functional groups attached to an aromatic ring is 1. The van der Waals surface area contributed by atoms with Crippen LogP contribution in [0.5, 0.6) is 0 Å². The number of hydrazine groups is 1. The summed E-state index contributed by atoms with van der Waals surface area (Å²) in [5.41, 5.74) is 7.75. The molecule has 0 saturated carbocycles. The first kappa shape index (κ1) is 29.3. The van der Waals surface area contributed by atoms with Crippen LogP contribution in [0.2, 0.25) is 0 Å². The summed E-state index contributed by atoms with van der Waals surface area (Å²) in [5, 5.41) is 3.04. The smallest absolute Gasteiger partial charge is 0.399 e. The maximum atomic E-state index is 15.1. The fraction of sp³-hybridized carbons (Fsp3) is 0.107. The normalized spacial score (nSPS) is 11.7. The van der Waals surface area contributed by atoms with Crippen molar-refractivity contribution in [3.63, 3.8) is 0 Å². The third-order valence-electron chi connectivity index (χ3n) is 5.89. The number of carbonyl (C=O) groups excluding carboxylic acids is 1. The average molecular weight is 591 g/mol. The Bertz CT molecular complexity index is 1670. The summed E-state index contributed by atoms with van der Waals surface area (Å²) in [5.74, 6) is -2.37. The lowest BCUT2D eigenvalue weighted by molar-refractivity contribution is -0.137. The number of anilines is 3. The molecule has 0 radical (unpaired) electrons. The molecule has 7 nitrogen and oxygen atoms in total. The number of urea groups is 1. The molecule has 0 saturated heterocycles. The van der Waals surface area contributed by atoms with E-state index in [1.165, 1.54) is 42.5 Å². The second kappa shape index (κ2) is 11.5. The second-order valence-corrected chi connectivity index (χ2v) is 11.0. The molecule has 2 amide bonds. The van der Waals surface area contributed by atoms with Crippen LogP contribution in [-0.2, 0) is 22.6 Å². The fourth-order valence-corrected chi connectivity index (χ4v) is 4.87. The Morgan fingerprint density at radius 1 is 0.902 bits per heavy atom. The van der Waals surface area contributed by atoms with Gasteiger partial charge >= 0.3 is 12.2 Å². The lowest BCUT2D eigenvalue weighted by Crippen LogP contribution is -2.39. The molecule has 4 aromatic carbocycles. The topological polar surface area (TPSA) is 105 Å². The molecular weight excluding hydrogens is 567 g/mol. The first-order chi connectivity index (χ1) is 19.2. The minimum Gasteiger partial charge on any atom is -0.399 e. The number of nitrogens with zero attached hydrogens (tertiary/aromatic N) is 1. The lowest BCUT2D eigenvalue weighted by atomic mass is 10.0. The minimum atomic E-state index is -4.56. The van der Waals surface area contributed by atoms with E-state index in [2.05, 4.69) is 10.7 Å². The molecule has 0 aliphatic rings. The number of halogens is 5. The van der Waals surface area contributed by atoms with Gasteiger partial charge in [0.15, 0.2) is 9.84 Å². The largest absolute Gasteiger partial charge is 0.416 e. The maximum Gasteiger partial charge on any atom is 0.416 e. The van der Waals surface area contributed by atoms with Crippen LogP contribution in [0.4, 0.5) is 43.8 Å². The first-order valence-electron chi connectivity index (χ1n) is 11.9. The number of nitrogens with one attached hydrogen (secondary N) is 2.